The van der Waals surface area contributed by atoms with Crippen LogP contribution in [0.3, 0.4) is 0 Å². The highest BCUT2D eigenvalue weighted by molar-refractivity contribution is 7.07. The summed E-state index contributed by atoms with van der Waals surface area (Å²) >= 11 is 1.75. The van der Waals surface area contributed by atoms with E-state index in [0.717, 1.165) is 32.8 Å². The van der Waals surface area contributed by atoms with Crippen molar-refractivity contribution in [3.05, 3.63) is 22.4 Å². The van der Waals surface area contributed by atoms with Gasteiger partial charge in [0.25, 0.3) is 0 Å². The maximum Gasteiger partial charge on any atom is 0.0594 e. The minimum Gasteiger partial charge on any atom is -0.379 e. The molecule has 0 aliphatic rings. The molecule has 3 nitrogen and oxygen atoms in total. The number of hydrogen-bond acceptors (Lipinski definition) is 4. The molecule has 0 saturated carbocycles. The van der Waals surface area contributed by atoms with Gasteiger partial charge in [0.15, 0.2) is 0 Å². The third kappa shape index (κ3) is 5.89. The van der Waals surface area contributed by atoms with Crippen LogP contribution in [0, 0.1) is 0 Å². The molecule has 86 valence electrons. The first-order valence-electron chi connectivity index (χ1n) is 5.25. The lowest BCUT2D eigenvalue weighted by Gasteiger charge is -2.15. The molecule has 0 aromatic carbocycles. The molecule has 0 atom stereocenters. The fraction of sp³-hybridized carbons (Fsp3) is 0.636. The third-order valence-electron chi connectivity index (χ3n) is 2.15. The van der Waals surface area contributed by atoms with Gasteiger partial charge in [-0.15, -0.1) is 0 Å². The second-order valence-corrected chi connectivity index (χ2v) is 4.37. The average Bonchev–Trinajstić information content (AvgIpc) is 2.70. The first-order chi connectivity index (χ1) is 7.33. The van der Waals surface area contributed by atoms with Crippen molar-refractivity contribution in [3.8, 4) is 0 Å². The Kier molecular flexibility index (Phi) is 6.59. The number of rotatable bonds is 8. The minimum absolute atomic E-state index is 0.794. The van der Waals surface area contributed by atoms with Gasteiger partial charge >= 0.3 is 0 Å². The van der Waals surface area contributed by atoms with Gasteiger partial charge in [-0.1, -0.05) is 0 Å². The Morgan fingerprint density at radius 1 is 1.47 bits per heavy atom. The van der Waals surface area contributed by atoms with Crippen LogP contribution in [0.15, 0.2) is 16.8 Å². The summed E-state index contributed by atoms with van der Waals surface area (Å²) < 4.78 is 5.46. The van der Waals surface area contributed by atoms with Gasteiger partial charge < -0.3 is 10.1 Å². The highest BCUT2D eigenvalue weighted by Crippen LogP contribution is 2.07. The summed E-state index contributed by atoms with van der Waals surface area (Å²) in [6, 6.07) is 2.17. The molecule has 0 saturated heterocycles. The summed E-state index contributed by atoms with van der Waals surface area (Å²) in [5.41, 5.74) is 1.39. The molecule has 1 heterocycles. The Bertz CT molecular complexity index is 239. The van der Waals surface area contributed by atoms with Crippen LogP contribution in [-0.2, 0) is 11.3 Å². The number of nitrogens with zero attached hydrogens (tertiary/aromatic N) is 1. The van der Waals surface area contributed by atoms with Crippen LogP contribution < -0.4 is 5.32 Å². The SMILES string of the molecule is CNCCOCCN(C)Cc1ccsc1. The van der Waals surface area contributed by atoms with Crippen molar-refractivity contribution in [1.82, 2.24) is 10.2 Å². The van der Waals surface area contributed by atoms with Gasteiger partial charge in [0.05, 0.1) is 13.2 Å². The van der Waals surface area contributed by atoms with Crippen LogP contribution in [0.5, 0.6) is 0 Å². The van der Waals surface area contributed by atoms with E-state index < -0.39 is 0 Å². The predicted octanol–water partition coefficient (Wildman–Crippen LogP) is 1.42. The Morgan fingerprint density at radius 2 is 2.33 bits per heavy atom. The third-order valence-corrected chi connectivity index (χ3v) is 2.88. The summed E-state index contributed by atoms with van der Waals surface area (Å²) in [5, 5.41) is 7.37. The summed E-state index contributed by atoms with van der Waals surface area (Å²) in [6.07, 6.45) is 0. The second kappa shape index (κ2) is 7.82. The van der Waals surface area contributed by atoms with E-state index in [0.29, 0.717) is 0 Å². The molecule has 0 amide bonds. The monoisotopic (exact) mass is 228 g/mol. The van der Waals surface area contributed by atoms with Gasteiger partial charge in [-0.3, -0.25) is 4.90 Å². The lowest BCUT2D eigenvalue weighted by molar-refractivity contribution is 0.112. The number of nitrogens with one attached hydrogen (secondary N) is 1. The molecule has 1 N–H and O–H groups in total. The largest absolute Gasteiger partial charge is 0.379 e. The Morgan fingerprint density at radius 3 is 3.00 bits per heavy atom. The zero-order chi connectivity index (χ0) is 10.9. The summed E-state index contributed by atoms with van der Waals surface area (Å²) in [6.45, 7) is 4.53. The van der Waals surface area contributed by atoms with E-state index in [2.05, 4.69) is 34.1 Å². The molecule has 0 spiro atoms. The smallest absolute Gasteiger partial charge is 0.0594 e. The number of hydrogen-bond donors (Lipinski definition) is 1. The molecule has 0 unspecified atom stereocenters. The summed E-state index contributed by atoms with van der Waals surface area (Å²) in [5.74, 6) is 0. The van der Waals surface area contributed by atoms with Crippen molar-refractivity contribution >= 4 is 11.3 Å². The van der Waals surface area contributed by atoms with E-state index in [4.69, 9.17) is 4.74 Å². The molecule has 4 heteroatoms. The topological polar surface area (TPSA) is 24.5 Å². The van der Waals surface area contributed by atoms with Crippen LogP contribution in [0.2, 0.25) is 0 Å². The van der Waals surface area contributed by atoms with Crippen molar-refractivity contribution < 1.29 is 4.74 Å². The zero-order valence-electron chi connectivity index (χ0n) is 9.53. The van der Waals surface area contributed by atoms with Crippen LogP contribution in [0.1, 0.15) is 5.56 Å². The van der Waals surface area contributed by atoms with Crippen molar-refractivity contribution in [2.45, 2.75) is 6.54 Å². The summed E-state index contributed by atoms with van der Waals surface area (Å²) in [4.78, 5) is 2.28. The average molecular weight is 228 g/mol. The maximum absolute atomic E-state index is 5.46. The van der Waals surface area contributed by atoms with E-state index in [1.54, 1.807) is 11.3 Å². The highest BCUT2D eigenvalue weighted by Gasteiger charge is 2.00. The van der Waals surface area contributed by atoms with Crippen LogP contribution >= 0.6 is 11.3 Å². The Hall–Kier alpha value is -0.420. The van der Waals surface area contributed by atoms with Gasteiger partial charge in [0, 0.05) is 19.6 Å². The first-order valence-corrected chi connectivity index (χ1v) is 6.19. The minimum atomic E-state index is 0.794. The van der Waals surface area contributed by atoms with Gasteiger partial charge in [-0.25, -0.2) is 0 Å². The molecule has 0 radical (unpaired) electrons. The molecule has 0 aliphatic carbocycles. The van der Waals surface area contributed by atoms with Crippen LogP contribution in [0.4, 0.5) is 0 Å². The van der Waals surface area contributed by atoms with E-state index in [1.165, 1.54) is 5.56 Å². The van der Waals surface area contributed by atoms with Gasteiger partial charge in [0.2, 0.25) is 0 Å². The van der Waals surface area contributed by atoms with Crippen molar-refractivity contribution in [3.63, 3.8) is 0 Å². The Balaban J connectivity index is 2.01. The molecule has 1 rings (SSSR count). The lowest BCUT2D eigenvalue weighted by atomic mass is 10.3. The van der Waals surface area contributed by atoms with E-state index in [-0.39, 0.29) is 0 Å². The lowest BCUT2D eigenvalue weighted by Crippen LogP contribution is -2.24. The quantitative estimate of drug-likeness (QED) is 0.681. The number of thiophene rings is 1. The van der Waals surface area contributed by atoms with Crippen molar-refractivity contribution in [2.75, 3.05) is 40.4 Å². The fourth-order valence-corrected chi connectivity index (χ4v) is 1.93. The zero-order valence-corrected chi connectivity index (χ0v) is 10.3. The predicted molar refractivity (Wildman–Crippen MR) is 65.4 cm³/mol. The van der Waals surface area contributed by atoms with Crippen LogP contribution in [0.25, 0.3) is 0 Å². The van der Waals surface area contributed by atoms with Gasteiger partial charge in [-0.2, -0.15) is 11.3 Å². The maximum atomic E-state index is 5.46. The molecule has 0 fully saturated rings. The molecule has 1 aromatic heterocycles. The Labute approximate surface area is 96.0 Å². The van der Waals surface area contributed by atoms with Crippen LogP contribution in [-0.4, -0.2) is 45.3 Å². The second-order valence-electron chi connectivity index (χ2n) is 3.59. The van der Waals surface area contributed by atoms with E-state index in [1.807, 2.05) is 7.05 Å². The van der Waals surface area contributed by atoms with E-state index >= 15 is 0 Å². The molecule has 1 aromatic rings. The van der Waals surface area contributed by atoms with Crippen molar-refractivity contribution in [1.29, 1.82) is 0 Å². The van der Waals surface area contributed by atoms with Crippen molar-refractivity contribution in [2.24, 2.45) is 0 Å². The van der Waals surface area contributed by atoms with Gasteiger partial charge in [-0.05, 0) is 36.5 Å². The molecular formula is C11H20N2OS. The first kappa shape index (κ1) is 12.6. The summed E-state index contributed by atoms with van der Waals surface area (Å²) in [7, 11) is 4.06. The molecule has 15 heavy (non-hydrogen) atoms. The molecule has 0 bridgehead atoms. The number of likely N-dealkylation sites (N-methyl/N-ethyl adjacent to an activating group) is 2. The fourth-order valence-electron chi connectivity index (χ4n) is 1.27. The number of ether oxygens (including phenoxy) is 1. The molecular weight excluding hydrogens is 208 g/mol. The standard InChI is InChI=1S/C11H20N2OS/c1-12-4-6-14-7-5-13(2)9-11-3-8-15-10-11/h3,8,10,12H,4-7,9H2,1-2H3. The normalized spacial score (nSPS) is 11.1. The van der Waals surface area contributed by atoms with Gasteiger partial charge in [0.1, 0.15) is 0 Å². The van der Waals surface area contributed by atoms with E-state index in [9.17, 15) is 0 Å². The highest BCUT2D eigenvalue weighted by atomic mass is 32.1. The molecule has 0 aliphatic heterocycles.